The first kappa shape index (κ1) is 19.8. The van der Waals surface area contributed by atoms with Crippen molar-refractivity contribution >= 4 is 10.6 Å². The maximum atomic E-state index is 6.66. The van der Waals surface area contributed by atoms with Gasteiger partial charge < -0.3 is 0 Å². The van der Waals surface area contributed by atoms with Gasteiger partial charge in [-0.3, -0.25) is 0 Å². The third-order valence-electron chi connectivity index (χ3n) is 4.08. The SMILES string of the molecule is CCC[O][Zr]([O]CCC)([O]CCC)([C]1=CC=CC1)[GeH]([CH3])[CH3]. The van der Waals surface area contributed by atoms with Crippen molar-refractivity contribution in [2.24, 2.45) is 0 Å². The summed E-state index contributed by atoms with van der Waals surface area (Å²) in [6, 6.07) is 0. The van der Waals surface area contributed by atoms with Crippen molar-refractivity contribution in [3.8, 4) is 0 Å². The molecule has 0 N–H and O–H groups in total. The second-order valence-electron chi connectivity index (χ2n) is 6.08. The second-order valence-corrected chi connectivity index (χ2v) is 46.9. The van der Waals surface area contributed by atoms with E-state index in [9.17, 15) is 0 Å². The van der Waals surface area contributed by atoms with Gasteiger partial charge in [-0.1, -0.05) is 0 Å². The Kier molecular flexibility index (Phi) is 8.66. The van der Waals surface area contributed by atoms with Gasteiger partial charge in [0.25, 0.3) is 0 Å². The summed E-state index contributed by atoms with van der Waals surface area (Å²) >= 11 is -4.16. The molecular weight excluding hydrogens is 404 g/mol. The van der Waals surface area contributed by atoms with E-state index in [1.807, 2.05) is 0 Å². The van der Waals surface area contributed by atoms with Crippen molar-refractivity contribution in [1.29, 1.82) is 0 Å². The molecule has 0 saturated carbocycles. The molecule has 3 nitrogen and oxygen atoms in total. The summed E-state index contributed by atoms with van der Waals surface area (Å²) in [7, 11) is -1.81. The molecule has 5 heteroatoms. The van der Waals surface area contributed by atoms with Gasteiger partial charge >= 0.3 is 136 Å². The normalized spacial score (nSPS) is 17.0. The zero-order valence-corrected chi connectivity index (χ0v) is 19.4. The van der Waals surface area contributed by atoms with Crippen LogP contribution in [0.2, 0.25) is 11.5 Å². The number of rotatable bonds is 11. The third kappa shape index (κ3) is 4.20. The van der Waals surface area contributed by atoms with E-state index >= 15 is 0 Å². The molecular formula is C16H33GeO3Zr. The molecule has 1 rings (SSSR count). The fourth-order valence-electron chi connectivity index (χ4n) is 2.94. The molecule has 0 aliphatic heterocycles. The maximum absolute atomic E-state index is 6.66. The van der Waals surface area contributed by atoms with Crippen LogP contribution < -0.4 is 0 Å². The summed E-state index contributed by atoms with van der Waals surface area (Å²) in [5.41, 5.74) is 0. The van der Waals surface area contributed by atoms with E-state index < -0.39 is 28.2 Å². The predicted molar refractivity (Wildman–Crippen MR) is 89.4 cm³/mol. The molecule has 0 aromatic heterocycles. The predicted octanol–water partition coefficient (Wildman–Crippen LogP) is 4.53. The summed E-state index contributed by atoms with van der Waals surface area (Å²) < 4.78 is 21.3. The molecule has 123 valence electrons. The molecule has 0 heterocycles. The van der Waals surface area contributed by atoms with E-state index in [1.165, 1.54) is 3.28 Å². The summed E-state index contributed by atoms with van der Waals surface area (Å²) in [6.07, 6.45) is 10.6. The van der Waals surface area contributed by atoms with Gasteiger partial charge in [0.05, 0.1) is 0 Å². The fraction of sp³-hybridized carbons (Fsp3) is 0.750. The van der Waals surface area contributed by atoms with E-state index in [2.05, 4.69) is 50.5 Å². The van der Waals surface area contributed by atoms with Gasteiger partial charge in [0.2, 0.25) is 0 Å². The Bertz CT molecular complexity index is 355. The molecule has 0 amide bonds. The van der Waals surface area contributed by atoms with Crippen LogP contribution in [0.5, 0.6) is 0 Å². The standard InChI is InChI=1S/C5H5.3C3H7O.C2H7Ge.Zr/c1-2-4-5-3-1;3*1-2-3-4;1-3-2;/h1-3H,4H2;3*2-3H2,1H3;3H,1-2H3;/q;3*-1;;+3. The number of allylic oxidation sites excluding steroid dienone is 4. The Morgan fingerprint density at radius 1 is 0.952 bits per heavy atom. The van der Waals surface area contributed by atoms with Crippen LogP contribution in [0.15, 0.2) is 21.5 Å². The Labute approximate surface area is 135 Å². The summed E-state index contributed by atoms with van der Waals surface area (Å²) in [4.78, 5) is 0. The zero-order valence-electron chi connectivity index (χ0n) is 14.5. The zero-order chi connectivity index (χ0) is 15.8. The minimum absolute atomic E-state index is 0.763. The quantitative estimate of drug-likeness (QED) is 0.445. The van der Waals surface area contributed by atoms with Crippen LogP contribution in [-0.2, 0) is 26.0 Å². The molecule has 0 fully saturated rings. The Hall–Kier alpha value is 0.786. The van der Waals surface area contributed by atoms with Gasteiger partial charge in [0, 0.05) is 0 Å². The molecule has 0 unspecified atom stereocenters. The fourth-order valence-corrected chi connectivity index (χ4v) is 44.4. The van der Waals surface area contributed by atoms with Crippen molar-refractivity contribution in [2.75, 3.05) is 19.8 Å². The minimum atomic E-state index is -4.16. The molecule has 1 aliphatic carbocycles. The first-order valence-electron chi connectivity index (χ1n) is 8.51. The Morgan fingerprint density at radius 3 is 1.71 bits per heavy atom. The van der Waals surface area contributed by atoms with Crippen molar-refractivity contribution in [3.05, 3.63) is 21.5 Å². The van der Waals surface area contributed by atoms with E-state index in [1.54, 1.807) is 0 Å². The molecule has 0 aromatic carbocycles. The van der Waals surface area contributed by atoms with Crippen LogP contribution in [0.25, 0.3) is 0 Å². The molecule has 0 aromatic rings. The Morgan fingerprint density at radius 2 is 1.43 bits per heavy atom. The van der Waals surface area contributed by atoms with Crippen molar-refractivity contribution < 1.29 is 26.0 Å². The van der Waals surface area contributed by atoms with Crippen molar-refractivity contribution in [1.82, 2.24) is 0 Å². The third-order valence-corrected chi connectivity index (χ3v) is 53.8. The summed E-state index contributed by atoms with van der Waals surface area (Å²) in [5.74, 6) is 4.80. The van der Waals surface area contributed by atoms with Gasteiger partial charge in [-0.25, -0.2) is 0 Å². The van der Waals surface area contributed by atoms with E-state index in [0.717, 1.165) is 45.5 Å². The molecule has 0 atom stereocenters. The van der Waals surface area contributed by atoms with Crippen LogP contribution in [0.4, 0.5) is 0 Å². The van der Waals surface area contributed by atoms with E-state index in [4.69, 9.17) is 8.44 Å². The molecule has 0 spiro atoms. The Balaban J connectivity index is 3.27. The van der Waals surface area contributed by atoms with Crippen molar-refractivity contribution in [3.63, 3.8) is 0 Å². The topological polar surface area (TPSA) is 27.7 Å². The van der Waals surface area contributed by atoms with Crippen LogP contribution >= 0.6 is 0 Å². The average molecular weight is 437 g/mol. The molecule has 0 bridgehead atoms. The van der Waals surface area contributed by atoms with Gasteiger partial charge in [0.1, 0.15) is 0 Å². The average Bonchev–Trinajstić information content (AvgIpc) is 3.02. The van der Waals surface area contributed by atoms with Crippen LogP contribution in [0.3, 0.4) is 0 Å². The van der Waals surface area contributed by atoms with Gasteiger partial charge in [-0.15, -0.1) is 0 Å². The molecule has 21 heavy (non-hydrogen) atoms. The van der Waals surface area contributed by atoms with Crippen LogP contribution in [-0.4, -0.2) is 30.4 Å². The summed E-state index contributed by atoms with van der Waals surface area (Å²) in [5, 5.41) is 0. The van der Waals surface area contributed by atoms with E-state index in [0.29, 0.717) is 0 Å². The monoisotopic (exact) mass is 437 g/mol. The second kappa shape index (κ2) is 9.17. The van der Waals surface area contributed by atoms with Gasteiger partial charge in [-0.2, -0.15) is 0 Å². The van der Waals surface area contributed by atoms with Gasteiger partial charge in [-0.05, 0) is 0 Å². The van der Waals surface area contributed by atoms with Crippen molar-refractivity contribution in [2.45, 2.75) is 58.0 Å². The number of hydrogen-bond acceptors (Lipinski definition) is 3. The molecule has 0 radical (unpaired) electrons. The summed E-state index contributed by atoms with van der Waals surface area (Å²) in [6.45, 7) is 8.79. The first-order valence-corrected chi connectivity index (χ1v) is 26.2. The van der Waals surface area contributed by atoms with Gasteiger partial charge in [0.15, 0.2) is 0 Å². The van der Waals surface area contributed by atoms with E-state index in [-0.39, 0.29) is 0 Å². The first-order chi connectivity index (χ1) is 10.1. The molecule has 0 saturated heterocycles. The van der Waals surface area contributed by atoms with Crippen LogP contribution in [0, 0.1) is 0 Å². The molecule has 1 aliphatic rings. The number of hydrogen-bond donors (Lipinski definition) is 0. The van der Waals surface area contributed by atoms with Crippen LogP contribution in [0.1, 0.15) is 46.5 Å².